The summed E-state index contributed by atoms with van der Waals surface area (Å²) in [6.45, 7) is 2.19. The van der Waals surface area contributed by atoms with E-state index in [2.05, 4.69) is 15.9 Å². The van der Waals surface area contributed by atoms with Crippen molar-refractivity contribution in [1.82, 2.24) is 4.90 Å². The Balaban J connectivity index is 1.88. The van der Waals surface area contributed by atoms with Crippen LogP contribution in [0.25, 0.3) is 0 Å². The van der Waals surface area contributed by atoms with Crippen LogP contribution in [0.2, 0.25) is 5.02 Å². The lowest BCUT2D eigenvalue weighted by atomic mass is 9.94. The van der Waals surface area contributed by atoms with E-state index in [1.807, 2.05) is 31.2 Å². The average molecular weight is 490 g/mol. The van der Waals surface area contributed by atoms with Gasteiger partial charge in [-0.3, -0.25) is 4.79 Å². The molecule has 0 aliphatic carbocycles. The Hall–Kier alpha value is -2.57. The number of carbonyl (C=O) groups is 1. The third-order valence-electron chi connectivity index (χ3n) is 5.45. The smallest absolute Gasteiger partial charge is 0.255 e. The molecule has 1 atom stereocenters. The first-order valence-electron chi connectivity index (χ1n) is 9.29. The van der Waals surface area contributed by atoms with Crippen LogP contribution < -0.4 is 10.5 Å². The van der Waals surface area contributed by atoms with Crippen molar-refractivity contribution in [2.24, 2.45) is 0 Å². The number of nitrogen functional groups attached to an aromatic ring is 1. The second-order valence-corrected chi connectivity index (χ2v) is 8.47. The number of ether oxygens (including phenoxy) is 1. The molecule has 7 heteroatoms. The molecule has 1 amide bonds. The second-order valence-electron chi connectivity index (χ2n) is 7.21. The van der Waals surface area contributed by atoms with Crippen molar-refractivity contribution >= 4 is 39.1 Å². The average Bonchev–Trinajstić information content (AvgIpc) is 3.00. The van der Waals surface area contributed by atoms with Crippen LogP contribution in [0.3, 0.4) is 0 Å². The second kappa shape index (κ2) is 7.93. The Morgan fingerprint density at radius 3 is 2.57 bits per heavy atom. The number of nitrogens with two attached hydrogens (primary N) is 1. The first-order chi connectivity index (χ1) is 14.3. The van der Waals surface area contributed by atoms with Gasteiger partial charge >= 0.3 is 0 Å². The maximum atomic E-state index is 14.1. The summed E-state index contributed by atoms with van der Waals surface area (Å²) in [7, 11) is 1.60. The lowest BCUT2D eigenvalue weighted by molar-refractivity contribution is 0.0736. The molecule has 0 bridgehead atoms. The first-order valence-corrected chi connectivity index (χ1v) is 10.5. The van der Waals surface area contributed by atoms with Gasteiger partial charge in [-0.05, 0) is 54.4 Å². The molecule has 154 valence electrons. The molecule has 3 aromatic rings. The summed E-state index contributed by atoms with van der Waals surface area (Å²) >= 11 is 9.93. The molecule has 3 aromatic carbocycles. The van der Waals surface area contributed by atoms with E-state index in [-0.39, 0.29) is 5.91 Å². The minimum Gasteiger partial charge on any atom is -0.497 e. The molecule has 1 aliphatic rings. The van der Waals surface area contributed by atoms with Gasteiger partial charge in [0.25, 0.3) is 5.91 Å². The monoisotopic (exact) mass is 488 g/mol. The highest BCUT2D eigenvalue weighted by molar-refractivity contribution is 9.10. The number of fused-ring (bicyclic) bond motifs is 1. The zero-order valence-electron chi connectivity index (χ0n) is 16.4. The van der Waals surface area contributed by atoms with E-state index in [9.17, 15) is 9.18 Å². The highest BCUT2D eigenvalue weighted by Crippen LogP contribution is 2.47. The molecule has 0 spiro atoms. The van der Waals surface area contributed by atoms with Crippen LogP contribution in [-0.4, -0.2) is 17.9 Å². The van der Waals surface area contributed by atoms with Crippen LogP contribution >= 0.6 is 27.5 Å². The van der Waals surface area contributed by atoms with Crippen molar-refractivity contribution in [2.45, 2.75) is 19.5 Å². The van der Waals surface area contributed by atoms with Gasteiger partial charge in [0.2, 0.25) is 0 Å². The maximum absolute atomic E-state index is 14.1. The highest BCUT2D eigenvalue weighted by Gasteiger charge is 2.41. The normalized spacial score (nSPS) is 15.4. The number of benzene rings is 3. The van der Waals surface area contributed by atoms with Gasteiger partial charge in [0, 0.05) is 38.4 Å². The number of rotatable bonds is 4. The molecule has 1 heterocycles. The van der Waals surface area contributed by atoms with Crippen LogP contribution in [0.1, 0.15) is 38.7 Å². The van der Waals surface area contributed by atoms with Crippen molar-refractivity contribution in [1.29, 1.82) is 0 Å². The van der Waals surface area contributed by atoms with Gasteiger partial charge in [-0.25, -0.2) is 4.39 Å². The van der Waals surface area contributed by atoms with Crippen LogP contribution in [0, 0.1) is 12.7 Å². The van der Waals surface area contributed by atoms with Gasteiger partial charge in [0.15, 0.2) is 0 Å². The van der Waals surface area contributed by atoms with E-state index in [1.165, 1.54) is 18.2 Å². The Labute approximate surface area is 187 Å². The summed E-state index contributed by atoms with van der Waals surface area (Å²) in [4.78, 5) is 15.1. The van der Waals surface area contributed by atoms with Crippen LogP contribution in [0.4, 0.5) is 10.1 Å². The molecule has 0 saturated heterocycles. The predicted octanol–water partition coefficient (Wildman–Crippen LogP) is 5.89. The van der Waals surface area contributed by atoms with E-state index in [1.54, 1.807) is 18.1 Å². The minimum absolute atomic E-state index is 0.182. The van der Waals surface area contributed by atoms with E-state index < -0.39 is 11.9 Å². The highest BCUT2D eigenvalue weighted by atomic mass is 79.9. The standard InChI is InChI=1S/C23H19BrClFN2O2/c1-12-18(24)10-17-20(21(12)27)22(16-9-14(26)5-8-19(16)25)28(23(17)29)11-13-3-6-15(30-2)7-4-13/h3-10,22H,11,27H2,1-2H3. The van der Waals surface area contributed by atoms with Gasteiger partial charge in [-0.15, -0.1) is 0 Å². The van der Waals surface area contributed by atoms with Gasteiger partial charge in [0.1, 0.15) is 11.6 Å². The summed E-state index contributed by atoms with van der Waals surface area (Å²) in [6, 6.07) is 12.8. The van der Waals surface area contributed by atoms with Crippen molar-refractivity contribution in [3.8, 4) is 5.75 Å². The molecule has 1 aliphatic heterocycles. The molecule has 1 unspecified atom stereocenters. The molecular formula is C23H19BrClFN2O2. The topological polar surface area (TPSA) is 55.6 Å². The van der Waals surface area contributed by atoms with Crippen molar-refractivity contribution < 1.29 is 13.9 Å². The van der Waals surface area contributed by atoms with Crippen molar-refractivity contribution in [3.63, 3.8) is 0 Å². The fraction of sp³-hybridized carbons (Fsp3) is 0.174. The lowest BCUT2D eigenvalue weighted by Gasteiger charge is -2.27. The molecule has 0 radical (unpaired) electrons. The minimum atomic E-state index is -0.593. The summed E-state index contributed by atoms with van der Waals surface area (Å²) in [5, 5.41) is 0.377. The van der Waals surface area contributed by atoms with Gasteiger partial charge in [0.05, 0.1) is 13.2 Å². The number of amides is 1. The summed E-state index contributed by atoms with van der Waals surface area (Å²) in [6.07, 6.45) is 0. The van der Waals surface area contributed by atoms with Gasteiger partial charge < -0.3 is 15.4 Å². The van der Waals surface area contributed by atoms with E-state index in [0.717, 1.165) is 21.3 Å². The molecule has 4 nitrogen and oxygen atoms in total. The number of halogens is 3. The molecule has 0 fully saturated rings. The van der Waals surface area contributed by atoms with Crippen molar-refractivity contribution in [3.05, 3.63) is 91.7 Å². The van der Waals surface area contributed by atoms with Crippen LogP contribution in [0.15, 0.2) is 53.0 Å². The molecule has 4 rings (SSSR count). The molecule has 2 N–H and O–H groups in total. The zero-order valence-corrected chi connectivity index (χ0v) is 18.7. The Kier molecular flexibility index (Phi) is 5.47. The molecule has 0 aromatic heterocycles. The van der Waals surface area contributed by atoms with E-state index in [4.69, 9.17) is 22.1 Å². The van der Waals surface area contributed by atoms with Gasteiger partial charge in [-0.1, -0.05) is 39.7 Å². The third kappa shape index (κ3) is 3.44. The summed E-state index contributed by atoms with van der Waals surface area (Å²) < 4.78 is 20.1. The number of carbonyl (C=O) groups excluding carboxylic acids is 1. The van der Waals surface area contributed by atoms with Gasteiger partial charge in [-0.2, -0.15) is 0 Å². The Bertz CT molecular complexity index is 1150. The quantitative estimate of drug-likeness (QED) is 0.465. The molecular weight excluding hydrogens is 471 g/mol. The number of anilines is 1. The fourth-order valence-electron chi connectivity index (χ4n) is 3.83. The molecule has 30 heavy (non-hydrogen) atoms. The first kappa shape index (κ1) is 20.7. The molecule has 0 saturated carbocycles. The van der Waals surface area contributed by atoms with Crippen LogP contribution in [-0.2, 0) is 6.54 Å². The zero-order chi connectivity index (χ0) is 21.6. The number of hydrogen-bond donors (Lipinski definition) is 1. The van der Waals surface area contributed by atoms with E-state index in [0.29, 0.717) is 33.9 Å². The van der Waals surface area contributed by atoms with E-state index >= 15 is 0 Å². The van der Waals surface area contributed by atoms with Crippen molar-refractivity contribution in [2.75, 3.05) is 12.8 Å². The van der Waals surface area contributed by atoms with Crippen LogP contribution in [0.5, 0.6) is 5.75 Å². The summed E-state index contributed by atoms with van der Waals surface area (Å²) in [5.74, 6) is 0.119. The maximum Gasteiger partial charge on any atom is 0.255 e. The largest absolute Gasteiger partial charge is 0.497 e. The summed E-state index contributed by atoms with van der Waals surface area (Å²) in [5.41, 5.74) is 10.3. The lowest BCUT2D eigenvalue weighted by Crippen LogP contribution is -2.28. The third-order valence-corrected chi connectivity index (χ3v) is 6.62. The Morgan fingerprint density at radius 2 is 1.90 bits per heavy atom. The fourth-order valence-corrected chi connectivity index (χ4v) is 4.49. The number of hydrogen-bond acceptors (Lipinski definition) is 3. The SMILES string of the molecule is COc1ccc(CN2C(=O)c3cc(Br)c(C)c(N)c3C2c2cc(F)ccc2Cl)cc1. The predicted molar refractivity (Wildman–Crippen MR) is 119 cm³/mol. The Morgan fingerprint density at radius 1 is 1.20 bits per heavy atom. The number of nitrogens with zero attached hydrogens (tertiary/aromatic N) is 1. The number of methoxy groups -OCH3 is 1.